The Balaban J connectivity index is 3.30. The normalized spacial score (nSPS) is 12.7. The van der Waals surface area contributed by atoms with E-state index in [9.17, 15) is 9.90 Å². The topological polar surface area (TPSA) is 66.8 Å². The van der Waals surface area contributed by atoms with Gasteiger partial charge in [-0.15, -0.1) is 0 Å². The molecule has 22 heavy (non-hydrogen) atoms. The first kappa shape index (κ1) is 21.1. The minimum Gasteiger partial charge on any atom is -0.463 e. The molecule has 0 aliphatic heterocycles. The van der Waals surface area contributed by atoms with Crippen molar-refractivity contribution in [2.24, 2.45) is 0 Å². The highest BCUT2D eigenvalue weighted by atomic mass is 16.5. The number of aliphatic hydroxyl groups excluding tert-OH is 2. The maximum absolute atomic E-state index is 11.2. The van der Waals surface area contributed by atoms with Gasteiger partial charge in [0.1, 0.15) is 6.61 Å². The molecular weight excluding hydrogens is 280 g/mol. The molecule has 0 amide bonds. The monoisotopic (exact) mass is 314 g/mol. The first-order valence-electron chi connectivity index (χ1n) is 8.82. The van der Waals surface area contributed by atoms with Crippen LogP contribution >= 0.6 is 0 Å². The molecule has 0 aromatic heterocycles. The average molecular weight is 314 g/mol. The quantitative estimate of drug-likeness (QED) is 0.274. The molecule has 4 heteroatoms. The summed E-state index contributed by atoms with van der Waals surface area (Å²) in [6.45, 7) is 2.17. The molecule has 0 spiro atoms. The Morgan fingerprint density at radius 2 is 1.82 bits per heavy atom. The molecule has 0 aromatic carbocycles. The molecule has 4 nitrogen and oxygen atoms in total. The van der Waals surface area contributed by atoms with Crippen LogP contribution in [0.1, 0.15) is 77.6 Å². The Bertz CT molecular complexity index is 276. The van der Waals surface area contributed by atoms with Crippen molar-refractivity contribution in [2.75, 3.05) is 13.2 Å². The van der Waals surface area contributed by atoms with E-state index in [-0.39, 0.29) is 25.3 Å². The van der Waals surface area contributed by atoms with E-state index in [1.807, 2.05) is 6.08 Å². The lowest BCUT2D eigenvalue weighted by molar-refractivity contribution is -0.144. The van der Waals surface area contributed by atoms with Gasteiger partial charge >= 0.3 is 5.97 Å². The van der Waals surface area contributed by atoms with E-state index in [2.05, 4.69) is 13.0 Å². The highest BCUT2D eigenvalue weighted by molar-refractivity contribution is 5.69. The number of ether oxygens (including phenoxy) is 1. The maximum Gasteiger partial charge on any atom is 0.305 e. The summed E-state index contributed by atoms with van der Waals surface area (Å²) in [5.74, 6) is -0.214. The van der Waals surface area contributed by atoms with Crippen molar-refractivity contribution in [3.8, 4) is 0 Å². The van der Waals surface area contributed by atoms with E-state index in [0.717, 1.165) is 51.4 Å². The number of hydrogen-bond donors (Lipinski definition) is 2. The van der Waals surface area contributed by atoms with Gasteiger partial charge in [0.15, 0.2) is 0 Å². The molecule has 0 rings (SSSR count). The van der Waals surface area contributed by atoms with Crippen LogP contribution in [0.3, 0.4) is 0 Å². The van der Waals surface area contributed by atoms with Gasteiger partial charge < -0.3 is 14.9 Å². The van der Waals surface area contributed by atoms with Crippen LogP contribution in [0, 0.1) is 0 Å². The molecule has 0 aliphatic rings. The summed E-state index contributed by atoms with van der Waals surface area (Å²) in [7, 11) is 0. The molecule has 0 aromatic rings. The largest absolute Gasteiger partial charge is 0.463 e. The van der Waals surface area contributed by atoms with Crippen LogP contribution in [-0.2, 0) is 9.53 Å². The average Bonchev–Trinajstić information content (AvgIpc) is 2.51. The second-order valence-electron chi connectivity index (χ2n) is 5.74. The fourth-order valence-corrected chi connectivity index (χ4v) is 2.25. The smallest absolute Gasteiger partial charge is 0.305 e. The summed E-state index contributed by atoms with van der Waals surface area (Å²) in [6, 6.07) is 0. The number of hydrogen-bond acceptors (Lipinski definition) is 4. The van der Waals surface area contributed by atoms with Gasteiger partial charge in [-0.05, 0) is 25.7 Å². The van der Waals surface area contributed by atoms with Gasteiger partial charge in [0.25, 0.3) is 0 Å². The zero-order valence-electron chi connectivity index (χ0n) is 14.1. The number of rotatable bonds is 15. The zero-order valence-corrected chi connectivity index (χ0v) is 14.1. The van der Waals surface area contributed by atoms with Crippen molar-refractivity contribution in [3.05, 3.63) is 12.2 Å². The van der Waals surface area contributed by atoms with Crippen LogP contribution < -0.4 is 0 Å². The first-order valence-corrected chi connectivity index (χ1v) is 8.82. The fourth-order valence-electron chi connectivity index (χ4n) is 2.25. The third-order valence-corrected chi connectivity index (χ3v) is 3.57. The summed E-state index contributed by atoms with van der Waals surface area (Å²) in [5, 5.41) is 18.2. The Hall–Kier alpha value is -0.870. The molecule has 0 heterocycles. The van der Waals surface area contributed by atoms with Crippen LogP contribution in [0.25, 0.3) is 0 Å². The summed E-state index contributed by atoms with van der Waals surface area (Å²) < 4.78 is 4.79. The first-order chi connectivity index (χ1) is 10.7. The molecule has 0 saturated heterocycles. The van der Waals surface area contributed by atoms with Crippen molar-refractivity contribution in [1.29, 1.82) is 0 Å². The molecule has 0 bridgehead atoms. The van der Waals surface area contributed by atoms with E-state index in [4.69, 9.17) is 9.84 Å². The van der Waals surface area contributed by atoms with E-state index >= 15 is 0 Å². The summed E-state index contributed by atoms with van der Waals surface area (Å²) in [5.41, 5.74) is 0. The predicted molar refractivity (Wildman–Crippen MR) is 89.7 cm³/mol. The zero-order chi connectivity index (χ0) is 16.5. The number of aliphatic hydroxyl groups is 2. The fraction of sp³-hybridized carbons (Fsp3) is 0.833. The van der Waals surface area contributed by atoms with Gasteiger partial charge in [-0.3, -0.25) is 4.79 Å². The summed E-state index contributed by atoms with van der Waals surface area (Å²) in [4.78, 5) is 11.2. The highest BCUT2D eigenvalue weighted by Crippen LogP contribution is 2.09. The van der Waals surface area contributed by atoms with Gasteiger partial charge in [-0.1, -0.05) is 57.6 Å². The molecule has 0 saturated carbocycles. The molecular formula is C18H34O4. The Morgan fingerprint density at radius 1 is 1.09 bits per heavy atom. The number of unbranched alkanes of at least 4 members (excludes halogenated alkanes) is 7. The van der Waals surface area contributed by atoms with Gasteiger partial charge in [-0.25, -0.2) is 0 Å². The van der Waals surface area contributed by atoms with E-state index in [1.165, 1.54) is 12.8 Å². The van der Waals surface area contributed by atoms with Gasteiger partial charge in [0.05, 0.1) is 12.7 Å². The van der Waals surface area contributed by atoms with E-state index < -0.39 is 0 Å². The van der Waals surface area contributed by atoms with Crippen LogP contribution in [0.2, 0.25) is 0 Å². The number of esters is 1. The lowest BCUT2D eigenvalue weighted by Gasteiger charge is -2.04. The lowest BCUT2D eigenvalue weighted by Crippen LogP contribution is -2.07. The molecule has 130 valence electrons. The lowest BCUT2D eigenvalue weighted by atomic mass is 10.1. The molecule has 0 radical (unpaired) electrons. The minimum atomic E-state index is -0.281. The van der Waals surface area contributed by atoms with Crippen LogP contribution in [-0.4, -0.2) is 35.5 Å². The van der Waals surface area contributed by atoms with Gasteiger partial charge in [-0.2, -0.15) is 0 Å². The molecule has 1 atom stereocenters. The van der Waals surface area contributed by atoms with Gasteiger partial charge in [0.2, 0.25) is 0 Å². The minimum absolute atomic E-state index is 0.105. The van der Waals surface area contributed by atoms with Gasteiger partial charge in [0, 0.05) is 6.42 Å². The third kappa shape index (κ3) is 15.5. The summed E-state index contributed by atoms with van der Waals surface area (Å²) in [6.07, 6.45) is 14.9. The second kappa shape index (κ2) is 16.5. The van der Waals surface area contributed by atoms with Crippen LogP contribution in [0.15, 0.2) is 12.2 Å². The molecule has 1 unspecified atom stereocenters. The van der Waals surface area contributed by atoms with Crippen molar-refractivity contribution in [1.82, 2.24) is 0 Å². The molecule has 0 fully saturated rings. The van der Waals surface area contributed by atoms with Crippen molar-refractivity contribution in [2.45, 2.75) is 83.7 Å². The third-order valence-electron chi connectivity index (χ3n) is 3.57. The summed E-state index contributed by atoms with van der Waals surface area (Å²) >= 11 is 0. The Labute approximate surface area is 135 Å². The van der Waals surface area contributed by atoms with Crippen molar-refractivity contribution < 1.29 is 19.7 Å². The number of carbonyl (C=O) groups excluding carboxylic acids is 1. The highest BCUT2D eigenvalue weighted by Gasteiger charge is 2.01. The van der Waals surface area contributed by atoms with Crippen LogP contribution in [0.5, 0.6) is 0 Å². The molecule has 2 N–H and O–H groups in total. The number of allylic oxidation sites excluding steroid dienone is 1. The van der Waals surface area contributed by atoms with Crippen molar-refractivity contribution >= 4 is 5.97 Å². The maximum atomic E-state index is 11.2. The predicted octanol–water partition coefficient (Wildman–Crippen LogP) is 3.75. The SMILES string of the molecule is CCCCCC(O)C=CCCCCCCCC(=O)OCCO. The van der Waals surface area contributed by atoms with Crippen LogP contribution in [0.4, 0.5) is 0 Å². The number of carbonyl (C=O) groups is 1. The standard InChI is InChI=1S/C18H34O4/c1-2-3-9-12-17(20)13-10-7-5-4-6-8-11-14-18(21)22-16-15-19/h10,13,17,19-20H,2-9,11-12,14-16H2,1H3. The Kier molecular flexibility index (Phi) is 15.8. The molecule has 0 aliphatic carbocycles. The van der Waals surface area contributed by atoms with E-state index in [1.54, 1.807) is 0 Å². The van der Waals surface area contributed by atoms with E-state index in [0.29, 0.717) is 6.42 Å². The second-order valence-corrected chi connectivity index (χ2v) is 5.74. The van der Waals surface area contributed by atoms with Crippen molar-refractivity contribution in [3.63, 3.8) is 0 Å². The Morgan fingerprint density at radius 3 is 2.55 bits per heavy atom.